The predicted molar refractivity (Wildman–Crippen MR) is 107 cm³/mol. The normalized spacial score (nSPS) is 12.7. The van der Waals surface area contributed by atoms with Gasteiger partial charge in [-0.05, 0) is 44.4 Å². The van der Waals surface area contributed by atoms with E-state index < -0.39 is 6.10 Å². The third kappa shape index (κ3) is 10.9. The van der Waals surface area contributed by atoms with E-state index in [1.54, 1.807) is 0 Å². The quantitative estimate of drug-likeness (QED) is 0.284. The van der Waals surface area contributed by atoms with Gasteiger partial charge in [-0.1, -0.05) is 25.5 Å². The lowest BCUT2D eigenvalue weighted by atomic mass is 10.2. The van der Waals surface area contributed by atoms with Crippen LogP contribution in [0.25, 0.3) is 0 Å². The highest BCUT2D eigenvalue weighted by atomic mass is 16.5. The summed E-state index contributed by atoms with van der Waals surface area (Å²) in [4.78, 5) is 4.41. The summed E-state index contributed by atoms with van der Waals surface area (Å²) in [5, 5.41) is 16.5. The van der Waals surface area contributed by atoms with Crippen molar-refractivity contribution in [2.45, 2.75) is 46.1 Å². The fourth-order valence-corrected chi connectivity index (χ4v) is 2.22. The average Bonchev–Trinajstić information content (AvgIpc) is 2.63. The number of aliphatic imine (C=N–C) groups is 1. The van der Waals surface area contributed by atoms with Crippen molar-refractivity contribution in [2.75, 3.05) is 39.5 Å². The van der Waals surface area contributed by atoms with E-state index in [0.717, 1.165) is 56.9 Å². The molecule has 3 N–H and O–H groups in total. The van der Waals surface area contributed by atoms with Crippen molar-refractivity contribution in [3.63, 3.8) is 0 Å². The van der Waals surface area contributed by atoms with E-state index in [4.69, 9.17) is 9.47 Å². The first-order valence-corrected chi connectivity index (χ1v) is 9.63. The van der Waals surface area contributed by atoms with Crippen molar-refractivity contribution in [1.82, 2.24) is 10.6 Å². The summed E-state index contributed by atoms with van der Waals surface area (Å²) in [7, 11) is 0. The first-order valence-electron chi connectivity index (χ1n) is 9.63. The van der Waals surface area contributed by atoms with E-state index in [1.807, 2.05) is 38.1 Å². The lowest BCUT2D eigenvalue weighted by Crippen LogP contribution is -2.39. The molecule has 0 radical (unpaired) electrons. The summed E-state index contributed by atoms with van der Waals surface area (Å²) in [6.45, 7) is 9.83. The Hall–Kier alpha value is -1.79. The van der Waals surface area contributed by atoms with Crippen LogP contribution in [-0.2, 0) is 4.74 Å². The molecule has 0 aromatic heterocycles. The van der Waals surface area contributed by atoms with Gasteiger partial charge >= 0.3 is 0 Å². The molecule has 0 bridgehead atoms. The summed E-state index contributed by atoms with van der Waals surface area (Å²) in [5.41, 5.74) is 1.13. The number of ether oxygens (including phenoxy) is 2. The van der Waals surface area contributed by atoms with Gasteiger partial charge in [0.2, 0.25) is 0 Å². The largest absolute Gasteiger partial charge is 0.491 e. The topological polar surface area (TPSA) is 75.1 Å². The molecular weight excluding hydrogens is 330 g/mol. The Kier molecular flexibility index (Phi) is 12.3. The zero-order valence-corrected chi connectivity index (χ0v) is 16.5. The van der Waals surface area contributed by atoms with Gasteiger partial charge in [0.1, 0.15) is 18.5 Å². The fourth-order valence-electron chi connectivity index (χ4n) is 2.22. The number of hydrogen-bond donors (Lipinski definition) is 3. The second-order valence-electron chi connectivity index (χ2n) is 6.25. The minimum atomic E-state index is -0.650. The Morgan fingerprint density at radius 3 is 2.73 bits per heavy atom. The summed E-state index contributed by atoms with van der Waals surface area (Å²) < 4.78 is 11.1. The van der Waals surface area contributed by atoms with E-state index in [0.29, 0.717) is 5.96 Å². The van der Waals surface area contributed by atoms with Crippen LogP contribution in [0.15, 0.2) is 29.3 Å². The van der Waals surface area contributed by atoms with Crippen LogP contribution in [0.1, 0.15) is 38.7 Å². The van der Waals surface area contributed by atoms with Crippen LogP contribution in [0.3, 0.4) is 0 Å². The van der Waals surface area contributed by atoms with E-state index in [2.05, 4.69) is 22.5 Å². The Balaban J connectivity index is 2.26. The van der Waals surface area contributed by atoms with Crippen LogP contribution >= 0.6 is 0 Å². The fraction of sp³-hybridized carbons (Fsp3) is 0.650. The molecule has 0 amide bonds. The standard InChI is InChI=1S/C20H35N3O3/c1-4-6-12-25-13-8-11-22-20(21-5-2)23-15-18(24)16-26-19-10-7-9-17(3)14-19/h7,9-10,14,18,24H,4-6,8,11-13,15-16H2,1-3H3,(H2,21,22,23). The molecule has 0 spiro atoms. The lowest BCUT2D eigenvalue weighted by Gasteiger charge is -2.14. The monoisotopic (exact) mass is 365 g/mol. The van der Waals surface area contributed by atoms with Crippen LogP contribution in [0.5, 0.6) is 5.75 Å². The first-order chi connectivity index (χ1) is 12.7. The van der Waals surface area contributed by atoms with Crippen molar-refractivity contribution >= 4 is 5.96 Å². The van der Waals surface area contributed by atoms with Gasteiger partial charge in [-0.2, -0.15) is 0 Å². The highest BCUT2D eigenvalue weighted by molar-refractivity contribution is 5.79. The van der Waals surface area contributed by atoms with Crippen LogP contribution < -0.4 is 15.4 Å². The molecule has 1 aromatic carbocycles. The zero-order valence-electron chi connectivity index (χ0n) is 16.5. The number of nitrogens with one attached hydrogen (secondary N) is 2. The van der Waals surface area contributed by atoms with E-state index in [1.165, 1.54) is 0 Å². The Labute approximate surface area is 158 Å². The maximum Gasteiger partial charge on any atom is 0.191 e. The van der Waals surface area contributed by atoms with E-state index in [-0.39, 0.29) is 13.2 Å². The minimum absolute atomic E-state index is 0.220. The molecule has 0 aliphatic rings. The second-order valence-corrected chi connectivity index (χ2v) is 6.25. The molecule has 0 aliphatic heterocycles. The molecule has 1 unspecified atom stereocenters. The van der Waals surface area contributed by atoms with Crippen molar-refractivity contribution in [1.29, 1.82) is 0 Å². The molecule has 6 nitrogen and oxygen atoms in total. The molecular formula is C20H35N3O3. The number of aryl methyl sites for hydroxylation is 1. The summed E-state index contributed by atoms with van der Waals surface area (Å²) >= 11 is 0. The number of nitrogens with zero attached hydrogens (tertiary/aromatic N) is 1. The zero-order chi connectivity index (χ0) is 19.0. The highest BCUT2D eigenvalue weighted by Crippen LogP contribution is 2.12. The molecule has 1 aromatic rings. The third-order valence-electron chi connectivity index (χ3n) is 3.64. The maximum atomic E-state index is 10.1. The number of hydrogen-bond acceptors (Lipinski definition) is 4. The molecule has 26 heavy (non-hydrogen) atoms. The summed E-state index contributed by atoms with van der Waals surface area (Å²) in [6.07, 6.45) is 2.54. The highest BCUT2D eigenvalue weighted by Gasteiger charge is 2.06. The molecule has 0 heterocycles. The predicted octanol–water partition coefficient (Wildman–Crippen LogP) is 2.50. The lowest BCUT2D eigenvalue weighted by molar-refractivity contribution is 0.114. The van der Waals surface area contributed by atoms with Gasteiger partial charge in [0, 0.05) is 26.3 Å². The number of aliphatic hydroxyl groups excluding tert-OH is 1. The molecule has 0 aliphatic carbocycles. The van der Waals surface area contributed by atoms with Gasteiger partial charge in [-0.15, -0.1) is 0 Å². The number of unbranched alkanes of at least 4 members (excludes halogenated alkanes) is 1. The maximum absolute atomic E-state index is 10.1. The molecule has 0 saturated heterocycles. The minimum Gasteiger partial charge on any atom is -0.491 e. The molecule has 6 heteroatoms. The average molecular weight is 366 g/mol. The Morgan fingerprint density at radius 1 is 1.19 bits per heavy atom. The second kappa shape index (κ2) is 14.4. The molecule has 148 valence electrons. The van der Waals surface area contributed by atoms with Crippen LogP contribution in [0.4, 0.5) is 0 Å². The molecule has 0 saturated carbocycles. The van der Waals surface area contributed by atoms with Crippen LogP contribution in [0.2, 0.25) is 0 Å². The Morgan fingerprint density at radius 2 is 2.00 bits per heavy atom. The number of guanidine groups is 1. The SMILES string of the molecule is CCCCOCCCNC(=NCC(O)COc1cccc(C)c1)NCC. The summed E-state index contributed by atoms with van der Waals surface area (Å²) in [5.74, 6) is 1.47. The van der Waals surface area contributed by atoms with Gasteiger partial charge in [0.25, 0.3) is 0 Å². The van der Waals surface area contributed by atoms with Gasteiger partial charge in [-0.3, -0.25) is 4.99 Å². The molecule has 0 fully saturated rings. The number of benzene rings is 1. The Bertz CT molecular complexity index is 509. The summed E-state index contributed by atoms with van der Waals surface area (Å²) in [6, 6.07) is 7.78. The molecule has 1 rings (SSSR count). The van der Waals surface area contributed by atoms with Crippen LogP contribution in [-0.4, -0.2) is 56.6 Å². The number of aliphatic hydroxyl groups is 1. The van der Waals surface area contributed by atoms with Gasteiger partial charge < -0.3 is 25.2 Å². The van der Waals surface area contributed by atoms with Gasteiger partial charge in [0.05, 0.1) is 6.54 Å². The van der Waals surface area contributed by atoms with Crippen LogP contribution in [0, 0.1) is 6.92 Å². The van der Waals surface area contributed by atoms with Crippen molar-refractivity contribution in [3.05, 3.63) is 29.8 Å². The van der Waals surface area contributed by atoms with E-state index in [9.17, 15) is 5.11 Å². The van der Waals surface area contributed by atoms with E-state index >= 15 is 0 Å². The number of rotatable bonds is 13. The smallest absolute Gasteiger partial charge is 0.191 e. The first kappa shape index (κ1) is 22.3. The van der Waals surface area contributed by atoms with Crippen molar-refractivity contribution in [2.24, 2.45) is 4.99 Å². The van der Waals surface area contributed by atoms with Gasteiger partial charge in [-0.25, -0.2) is 0 Å². The van der Waals surface area contributed by atoms with Crippen molar-refractivity contribution < 1.29 is 14.6 Å². The van der Waals surface area contributed by atoms with Crippen molar-refractivity contribution in [3.8, 4) is 5.75 Å². The molecule has 1 atom stereocenters. The van der Waals surface area contributed by atoms with Gasteiger partial charge in [0.15, 0.2) is 5.96 Å². The third-order valence-corrected chi connectivity index (χ3v) is 3.64.